The molecule has 0 amide bonds. The summed E-state index contributed by atoms with van der Waals surface area (Å²) in [5.41, 5.74) is 5.97. The van der Waals surface area contributed by atoms with Gasteiger partial charge < -0.3 is 15.7 Å². The van der Waals surface area contributed by atoms with Gasteiger partial charge in [0.1, 0.15) is 11.6 Å². The van der Waals surface area contributed by atoms with Gasteiger partial charge in [0.2, 0.25) is 0 Å². The summed E-state index contributed by atoms with van der Waals surface area (Å²) in [6, 6.07) is 1.78. The normalized spacial score (nSPS) is 14.6. The fraction of sp³-hybridized carbons (Fsp3) is 0.417. The number of carboxylic acids is 1. The van der Waals surface area contributed by atoms with Crippen LogP contribution < -0.4 is 5.73 Å². The maximum absolute atomic E-state index is 13.7. The van der Waals surface area contributed by atoms with Crippen molar-refractivity contribution in [2.24, 2.45) is 5.73 Å². The Kier molecular flexibility index (Phi) is 4.75. The molecular weight excluding hydrogens is 242 g/mol. The predicted octanol–water partition coefficient (Wildman–Crippen LogP) is 1.37. The first-order valence-electron chi connectivity index (χ1n) is 5.41. The van der Waals surface area contributed by atoms with Crippen molar-refractivity contribution < 1.29 is 18.7 Å². The molecule has 100 valence electrons. The Bertz CT molecular complexity index is 438. The predicted molar refractivity (Wildman–Crippen MR) is 63.0 cm³/mol. The molecule has 2 atom stereocenters. The SMILES string of the molecule is CN(C)C(c1ccc(F)cc1F)C(N)CC(=O)O. The summed E-state index contributed by atoms with van der Waals surface area (Å²) in [6.07, 6.45) is -0.292. The number of hydrogen-bond donors (Lipinski definition) is 2. The van der Waals surface area contributed by atoms with Crippen molar-refractivity contribution in [3.8, 4) is 0 Å². The highest BCUT2D eigenvalue weighted by atomic mass is 19.1. The molecule has 0 spiro atoms. The molecule has 18 heavy (non-hydrogen) atoms. The van der Waals surface area contributed by atoms with Gasteiger partial charge in [0.25, 0.3) is 0 Å². The van der Waals surface area contributed by atoms with E-state index in [0.717, 1.165) is 12.1 Å². The van der Waals surface area contributed by atoms with E-state index < -0.39 is 29.7 Å². The Labute approximate surface area is 104 Å². The summed E-state index contributed by atoms with van der Waals surface area (Å²) >= 11 is 0. The second-order valence-corrected chi connectivity index (χ2v) is 4.34. The second-order valence-electron chi connectivity index (χ2n) is 4.34. The molecule has 2 unspecified atom stereocenters. The summed E-state index contributed by atoms with van der Waals surface area (Å²) in [5.74, 6) is -2.47. The number of rotatable bonds is 5. The zero-order valence-corrected chi connectivity index (χ0v) is 10.2. The molecule has 0 bridgehead atoms. The van der Waals surface area contributed by atoms with E-state index >= 15 is 0 Å². The number of nitrogens with zero attached hydrogens (tertiary/aromatic N) is 1. The van der Waals surface area contributed by atoms with Crippen LogP contribution >= 0.6 is 0 Å². The summed E-state index contributed by atoms with van der Waals surface area (Å²) in [4.78, 5) is 12.3. The average Bonchev–Trinajstić information content (AvgIpc) is 2.20. The van der Waals surface area contributed by atoms with Crippen LogP contribution in [0.2, 0.25) is 0 Å². The van der Waals surface area contributed by atoms with Crippen molar-refractivity contribution in [1.29, 1.82) is 0 Å². The summed E-state index contributed by atoms with van der Waals surface area (Å²) in [5, 5.41) is 8.72. The third-order valence-electron chi connectivity index (χ3n) is 2.65. The molecule has 0 heterocycles. The van der Waals surface area contributed by atoms with Gasteiger partial charge >= 0.3 is 5.97 Å². The third kappa shape index (κ3) is 3.48. The minimum atomic E-state index is -1.06. The number of halogens is 2. The van der Waals surface area contributed by atoms with E-state index in [9.17, 15) is 13.6 Å². The first-order chi connectivity index (χ1) is 8.32. The number of hydrogen-bond acceptors (Lipinski definition) is 3. The lowest BCUT2D eigenvalue weighted by atomic mass is 9.96. The number of nitrogens with two attached hydrogens (primary N) is 1. The molecule has 1 rings (SSSR count). The molecule has 1 aromatic rings. The molecule has 0 radical (unpaired) electrons. The molecular formula is C12H16F2N2O2. The lowest BCUT2D eigenvalue weighted by molar-refractivity contribution is -0.137. The maximum Gasteiger partial charge on any atom is 0.304 e. The molecule has 0 aromatic heterocycles. The summed E-state index contributed by atoms with van der Waals surface area (Å²) < 4.78 is 26.5. The maximum atomic E-state index is 13.7. The van der Waals surface area contributed by atoms with Gasteiger partial charge in [-0.05, 0) is 20.2 Å². The number of benzene rings is 1. The lowest BCUT2D eigenvalue weighted by Crippen LogP contribution is -2.39. The Morgan fingerprint density at radius 2 is 2.06 bits per heavy atom. The van der Waals surface area contributed by atoms with E-state index in [4.69, 9.17) is 10.8 Å². The summed E-state index contributed by atoms with van der Waals surface area (Å²) in [6.45, 7) is 0. The smallest absolute Gasteiger partial charge is 0.304 e. The van der Waals surface area contributed by atoms with E-state index in [0.29, 0.717) is 0 Å². The van der Waals surface area contributed by atoms with Crippen molar-refractivity contribution in [2.75, 3.05) is 14.1 Å². The van der Waals surface area contributed by atoms with Crippen LogP contribution in [0.25, 0.3) is 0 Å². The van der Waals surface area contributed by atoms with Crippen LogP contribution in [0.3, 0.4) is 0 Å². The lowest BCUT2D eigenvalue weighted by Gasteiger charge is -2.29. The fourth-order valence-corrected chi connectivity index (χ4v) is 1.95. The zero-order valence-electron chi connectivity index (χ0n) is 10.2. The minimum Gasteiger partial charge on any atom is -0.481 e. The highest BCUT2D eigenvalue weighted by molar-refractivity contribution is 5.67. The van der Waals surface area contributed by atoms with Gasteiger partial charge in [-0.25, -0.2) is 8.78 Å². The molecule has 0 saturated heterocycles. The topological polar surface area (TPSA) is 66.6 Å². The molecule has 0 aliphatic rings. The highest BCUT2D eigenvalue weighted by Crippen LogP contribution is 2.25. The summed E-state index contributed by atoms with van der Waals surface area (Å²) in [7, 11) is 3.32. The molecule has 0 fully saturated rings. The first-order valence-corrected chi connectivity index (χ1v) is 5.41. The van der Waals surface area contributed by atoms with Gasteiger partial charge in [0, 0.05) is 17.7 Å². The molecule has 1 aromatic carbocycles. The number of carbonyl (C=O) groups is 1. The van der Waals surface area contributed by atoms with Crippen molar-refractivity contribution in [2.45, 2.75) is 18.5 Å². The van der Waals surface area contributed by atoms with Crippen LogP contribution in [0.5, 0.6) is 0 Å². The largest absolute Gasteiger partial charge is 0.481 e. The van der Waals surface area contributed by atoms with E-state index in [1.54, 1.807) is 19.0 Å². The van der Waals surface area contributed by atoms with Crippen molar-refractivity contribution in [1.82, 2.24) is 4.90 Å². The van der Waals surface area contributed by atoms with Crippen molar-refractivity contribution in [3.05, 3.63) is 35.4 Å². The quantitative estimate of drug-likeness (QED) is 0.837. The average molecular weight is 258 g/mol. The molecule has 0 aliphatic carbocycles. The van der Waals surface area contributed by atoms with Gasteiger partial charge in [-0.1, -0.05) is 6.07 Å². The van der Waals surface area contributed by atoms with E-state index in [1.165, 1.54) is 6.07 Å². The van der Waals surface area contributed by atoms with E-state index in [2.05, 4.69) is 0 Å². The Hall–Kier alpha value is -1.53. The van der Waals surface area contributed by atoms with E-state index in [-0.39, 0.29) is 12.0 Å². The standard InChI is InChI=1S/C12H16F2N2O2/c1-16(2)12(10(15)6-11(17)18)8-4-3-7(13)5-9(8)14/h3-5,10,12H,6,15H2,1-2H3,(H,17,18). The van der Waals surface area contributed by atoms with Crippen LogP contribution in [-0.4, -0.2) is 36.1 Å². The Morgan fingerprint density at radius 3 is 2.50 bits per heavy atom. The molecule has 0 saturated carbocycles. The van der Waals surface area contributed by atoms with Gasteiger partial charge in [-0.2, -0.15) is 0 Å². The number of aliphatic carboxylic acids is 1. The number of likely N-dealkylation sites (N-methyl/N-ethyl adjacent to an activating group) is 1. The minimum absolute atomic E-state index is 0.190. The molecule has 0 aliphatic heterocycles. The monoisotopic (exact) mass is 258 g/mol. The van der Waals surface area contributed by atoms with Crippen LogP contribution in [0.4, 0.5) is 8.78 Å². The highest BCUT2D eigenvalue weighted by Gasteiger charge is 2.26. The number of carboxylic acid groups (broad SMARTS) is 1. The van der Waals surface area contributed by atoms with Gasteiger partial charge in [-0.3, -0.25) is 4.79 Å². The van der Waals surface area contributed by atoms with Gasteiger partial charge in [0.15, 0.2) is 0 Å². The molecule has 6 heteroatoms. The third-order valence-corrected chi connectivity index (χ3v) is 2.65. The molecule has 4 nitrogen and oxygen atoms in total. The van der Waals surface area contributed by atoms with Crippen molar-refractivity contribution in [3.63, 3.8) is 0 Å². The second kappa shape index (κ2) is 5.88. The van der Waals surface area contributed by atoms with Crippen LogP contribution in [0.1, 0.15) is 18.0 Å². The zero-order chi connectivity index (χ0) is 13.9. The fourth-order valence-electron chi connectivity index (χ4n) is 1.95. The van der Waals surface area contributed by atoms with Gasteiger partial charge in [0.05, 0.1) is 12.5 Å². The van der Waals surface area contributed by atoms with Gasteiger partial charge in [-0.15, -0.1) is 0 Å². The van der Waals surface area contributed by atoms with Crippen LogP contribution in [0, 0.1) is 11.6 Å². The van der Waals surface area contributed by atoms with Crippen molar-refractivity contribution >= 4 is 5.97 Å². The Balaban J connectivity index is 3.08. The van der Waals surface area contributed by atoms with Crippen LogP contribution in [0.15, 0.2) is 18.2 Å². The van der Waals surface area contributed by atoms with Crippen LogP contribution in [-0.2, 0) is 4.79 Å². The Morgan fingerprint density at radius 1 is 1.44 bits per heavy atom. The van der Waals surface area contributed by atoms with E-state index in [1.807, 2.05) is 0 Å². The first kappa shape index (κ1) is 14.5. The molecule has 3 N–H and O–H groups in total.